The topological polar surface area (TPSA) is 41.1 Å². The van der Waals surface area contributed by atoms with Gasteiger partial charge in [-0.05, 0) is 31.2 Å². The average molecular weight is 210 g/mol. The first-order chi connectivity index (χ1) is 7.27. The number of carbonyl (C=O) groups is 1. The van der Waals surface area contributed by atoms with Crippen LogP contribution in [0.2, 0.25) is 0 Å². The molecule has 1 saturated carbocycles. The molecule has 0 aromatic heterocycles. The minimum Gasteiger partial charge on any atom is -0.354 e. The van der Waals surface area contributed by atoms with Crippen LogP contribution in [0.5, 0.6) is 0 Å². The predicted octanol–water partition coefficient (Wildman–Crippen LogP) is 1.29. The SMILES string of the molecule is CC1CCCCC1CNC(=O)[C@H]1CCN1. The molecule has 3 heteroatoms. The van der Waals surface area contributed by atoms with Crippen molar-refractivity contribution in [1.82, 2.24) is 10.6 Å². The zero-order valence-electron chi connectivity index (χ0n) is 9.59. The van der Waals surface area contributed by atoms with Crippen LogP contribution >= 0.6 is 0 Å². The molecule has 3 atom stereocenters. The minimum absolute atomic E-state index is 0.101. The van der Waals surface area contributed by atoms with Crippen molar-refractivity contribution in [3.05, 3.63) is 0 Å². The van der Waals surface area contributed by atoms with Gasteiger partial charge in [-0.15, -0.1) is 0 Å². The first-order valence-electron chi connectivity index (χ1n) is 6.28. The van der Waals surface area contributed by atoms with Crippen LogP contribution in [-0.2, 0) is 4.79 Å². The van der Waals surface area contributed by atoms with E-state index in [4.69, 9.17) is 0 Å². The molecule has 1 aliphatic heterocycles. The second kappa shape index (κ2) is 4.97. The van der Waals surface area contributed by atoms with Crippen LogP contribution in [0, 0.1) is 11.8 Å². The van der Waals surface area contributed by atoms with E-state index < -0.39 is 0 Å². The van der Waals surface area contributed by atoms with Crippen molar-refractivity contribution in [2.45, 2.75) is 45.1 Å². The lowest BCUT2D eigenvalue weighted by Gasteiger charge is -2.31. The second-order valence-corrected chi connectivity index (χ2v) is 5.06. The third kappa shape index (κ3) is 2.71. The van der Waals surface area contributed by atoms with Crippen molar-refractivity contribution < 1.29 is 4.79 Å². The van der Waals surface area contributed by atoms with Gasteiger partial charge in [0.25, 0.3) is 0 Å². The molecular weight excluding hydrogens is 188 g/mol. The van der Waals surface area contributed by atoms with Crippen molar-refractivity contribution in [3.63, 3.8) is 0 Å². The average Bonchev–Trinajstić information content (AvgIpc) is 2.14. The first kappa shape index (κ1) is 10.9. The molecule has 3 nitrogen and oxygen atoms in total. The summed E-state index contributed by atoms with van der Waals surface area (Å²) in [5, 5.41) is 6.22. The Morgan fingerprint density at radius 2 is 2.07 bits per heavy atom. The fraction of sp³-hybridized carbons (Fsp3) is 0.917. The molecule has 0 aromatic rings. The molecule has 0 spiro atoms. The van der Waals surface area contributed by atoms with E-state index >= 15 is 0 Å². The summed E-state index contributed by atoms with van der Waals surface area (Å²) in [6.07, 6.45) is 6.34. The van der Waals surface area contributed by atoms with Crippen molar-refractivity contribution >= 4 is 5.91 Å². The molecule has 2 N–H and O–H groups in total. The zero-order valence-corrected chi connectivity index (χ0v) is 9.59. The highest BCUT2D eigenvalue weighted by Gasteiger charge is 2.26. The molecule has 2 unspecified atom stereocenters. The molecule has 0 radical (unpaired) electrons. The van der Waals surface area contributed by atoms with Crippen molar-refractivity contribution in [1.29, 1.82) is 0 Å². The van der Waals surface area contributed by atoms with Gasteiger partial charge in [0.2, 0.25) is 5.91 Å². The largest absolute Gasteiger partial charge is 0.354 e. The van der Waals surface area contributed by atoms with Crippen LogP contribution in [0.15, 0.2) is 0 Å². The summed E-state index contributed by atoms with van der Waals surface area (Å²) >= 11 is 0. The minimum atomic E-state index is 0.101. The molecule has 1 aliphatic carbocycles. The maximum absolute atomic E-state index is 11.6. The van der Waals surface area contributed by atoms with E-state index in [1.54, 1.807) is 0 Å². The molecule has 2 aliphatic rings. The number of hydrogen-bond donors (Lipinski definition) is 2. The van der Waals surface area contributed by atoms with Crippen LogP contribution in [0.3, 0.4) is 0 Å². The van der Waals surface area contributed by atoms with E-state index in [0.717, 1.165) is 25.4 Å². The van der Waals surface area contributed by atoms with Crippen molar-refractivity contribution in [2.75, 3.05) is 13.1 Å². The fourth-order valence-electron chi connectivity index (χ4n) is 2.56. The lowest BCUT2D eigenvalue weighted by Crippen LogP contribution is -2.54. The van der Waals surface area contributed by atoms with Crippen LogP contribution in [0.1, 0.15) is 39.0 Å². The smallest absolute Gasteiger partial charge is 0.237 e. The first-order valence-corrected chi connectivity index (χ1v) is 6.28. The molecule has 2 rings (SSSR count). The van der Waals surface area contributed by atoms with Crippen LogP contribution in [0.4, 0.5) is 0 Å². The van der Waals surface area contributed by atoms with Crippen molar-refractivity contribution in [3.8, 4) is 0 Å². The number of hydrogen-bond acceptors (Lipinski definition) is 2. The quantitative estimate of drug-likeness (QED) is 0.737. The lowest BCUT2D eigenvalue weighted by atomic mass is 9.80. The Labute approximate surface area is 92.0 Å². The second-order valence-electron chi connectivity index (χ2n) is 5.06. The Bertz CT molecular complexity index is 226. The highest BCUT2D eigenvalue weighted by molar-refractivity contribution is 5.82. The van der Waals surface area contributed by atoms with Crippen molar-refractivity contribution in [2.24, 2.45) is 11.8 Å². The van der Waals surface area contributed by atoms with Gasteiger partial charge in [0.15, 0.2) is 0 Å². The Morgan fingerprint density at radius 1 is 1.33 bits per heavy atom. The van der Waals surface area contributed by atoms with E-state index in [-0.39, 0.29) is 11.9 Å². The summed E-state index contributed by atoms with van der Waals surface area (Å²) in [5.41, 5.74) is 0. The molecule has 0 bridgehead atoms. The Morgan fingerprint density at radius 3 is 2.67 bits per heavy atom. The van der Waals surface area contributed by atoms with Gasteiger partial charge >= 0.3 is 0 Å². The van der Waals surface area contributed by atoms with Gasteiger partial charge in [-0.2, -0.15) is 0 Å². The Kier molecular flexibility index (Phi) is 3.62. The summed E-state index contributed by atoms with van der Waals surface area (Å²) in [5.74, 6) is 1.70. The van der Waals surface area contributed by atoms with Crippen LogP contribution in [0.25, 0.3) is 0 Å². The summed E-state index contributed by atoms with van der Waals surface area (Å²) in [7, 11) is 0. The molecule has 2 fully saturated rings. The summed E-state index contributed by atoms with van der Waals surface area (Å²) in [6.45, 7) is 4.20. The lowest BCUT2D eigenvalue weighted by molar-refractivity contribution is -0.125. The molecule has 1 saturated heterocycles. The van der Waals surface area contributed by atoms with Gasteiger partial charge in [0.1, 0.15) is 0 Å². The van der Waals surface area contributed by atoms with E-state index in [2.05, 4.69) is 17.6 Å². The highest BCUT2D eigenvalue weighted by atomic mass is 16.2. The molecule has 15 heavy (non-hydrogen) atoms. The van der Waals surface area contributed by atoms with Gasteiger partial charge in [0.05, 0.1) is 6.04 Å². The molecule has 1 amide bonds. The monoisotopic (exact) mass is 210 g/mol. The summed E-state index contributed by atoms with van der Waals surface area (Å²) in [4.78, 5) is 11.6. The van der Waals surface area contributed by atoms with Gasteiger partial charge in [-0.3, -0.25) is 4.79 Å². The summed E-state index contributed by atoms with van der Waals surface area (Å²) in [6, 6.07) is 0.101. The normalized spacial score (nSPS) is 35.7. The van der Waals surface area contributed by atoms with Gasteiger partial charge < -0.3 is 10.6 Å². The standard InChI is InChI=1S/C12H22N2O/c1-9-4-2-3-5-10(9)8-14-12(15)11-6-7-13-11/h9-11,13H,2-8H2,1H3,(H,14,15)/t9?,10?,11-/m1/s1. The number of amides is 1. The molecule has 0 aromatic carbocycles. The number of rotatable bonds is 3. The fourth-order valence-corrected chi connectivity index (χ4v) is 2.56. The van der Waals surface area contributed by atoms with Gasteiger partial charge in [-0.1, -0.05) is 26.2 Å². The van der Waals surface area contributed by atoms with Crippen LogP contribution < -0.4 is 10.6 Å². The van der Waals surface area contributed by atoms with E-state index in [9.17, 15) is 4.79 Å². The van der Waals surface area contributed by atoms with E-state index in [1.807, 2.05) is 0 Å². The summed E-state index contributed by atoms with van der Waals surface area (Å²) < 4.78 is 0. The zero-order chi connectivity index (χ0) is 10.7. The number of nitrogens with one attached hydrogen (secondary N) is 2. The maximum Gasteiger partial charge on any atom is 0.237 e. The van der Waals surface area contributed by atoms with E-state index in [0.29, 0.717) is 5.92 Å². The maximum atomic E-state index is 11.6. The van der Waals surface area contributed by atoms with Gasteiger partial charge in [0, 0.05) is 6.54 Å². The molecule has 86 valence electrons. The predicted molar refractivity (Wildman–Crippen MR) is 60.5 cm³/mol. The van der Waals surface area contributed by atoms with Gasteiger partial charge in [-0.25, -0.2) is 0 Å². The van der Waals surface area contributed by atoms with E-state index in [1.165, 1.54) is 25.7 Å². The number of carbonyl (C=O) groups excluding carboxylic acids is 1. The Balaban J connectivity index is 1.69. The third-order valence-electron chi connectivity index (χ3n) is 3.97. The highest BCUT2D eigenvalue weighted by Crippen LogP contribution is 2.28. The van der Waals surface area contributed by atoms with Crippen LogP contribution in [-0.4, -0.2) is 25.0 Å². The molecular formula is C12H22N2O. The molecule has 1 heterocycles. The third-order valence-corrected chi connectivity index (χ3v) is 3.97. The Hall–Kier alpha value is -0.570.